The van der Waals surface area contributed by atoms with Crippen molar-refractivity contribution in [1.82, 2.24) is 14.8 Å². The largest absolute Gasteiger partial charge is 0.514 e. The monoisotopic (exact) mass is 565 g/mol. The first-order valence-corrected chi connectivity index (χ1v) is 12.6. The van der Waals surface area contributed by atoms with Crippen molar-refractivity contribution in [3.8, 4) is 22.8 Å². The van der Waals surface area contributed by atoms with E-state index in [9.17, 15) is 18.8 Å². The number of ether oxygens (including phenoxy) is 4. The summed E-state index contributed by atoms with van der Waals surface area (Å²) in [6, 6.07) is 2.55. The van der Waals surface area contributed by atoms with E-state index in [0.717, 1.165) is 12.1 Å². The minimum absolute atomic E-state index is 0.000639. The molecule has 40 heavy (non-hydrogen) atoms. The summed E-state index contributed by atoms with van der Waals surface area (Å²) in [4.78, 5) is 44.3. The highest BCUT2D eigenvalue weighted by Crippen LogP contribution is 2.40. The molecule has 2 aromatic rings. The van der Waals surface area contributed by atoms with Crippen LogP contribution >= 0.6 is 0 Å². The predicted octanol–water partition coefficient (Wildman–Crippen LogP) is 4.93. The van der Waals surface area contributed by atoms with Crippen molar-refractivity contribution in [3.63, 3.8) is 0 Å². The molecule has 0 bridgehead atoms. The second kappa shape index (κ2) is 10.5. The van der Waals surface area contributed by atoms with Crippen LogP contribution < -0.4 is 9.47 Å². The quantitative estimate of drug-likeness (QED) is 0.287. The summed E-state index contributed by atoms with van der Waals surface area (Å²) in [6.45, 7) is 9.70. The first kappa shape index (κ1) is 29.0. The number of hydrogen-bond donors (Lipinski definition) is 0. The summed E-state index contributed by atoms with van der Waals surface area (Å²) in [6.07, 6.45) is -1.80. The number of pyridine rings is 1. The first-order chi connectivity index (χ1) is 18.6. The zero-order chi connectivity index (χ0) is 29.6. The minimum atomic E-state index is -1.40. The number of carbonyl (C=O) groups excluding carboxylic acids is 3. The zero-order valence-corrected chi connectivity index (χ0v) is 23.0. The van der Waals surface area contributed by atoms with Crippen molar-refractivity contribution >= 4 is 18.2 Å². The van der Waals surface area contributed by atoms with Gasteiger partial charge in [0.2, 0.25) is 5.95 Å². The number of aromatic nitrogens is 1. The summed E-state index contributed by atoms with van der Waals surface area (Å²) in [5, 5.41) is 0. The Morgan fingerprint density at radius 2 is 1.68 bits per heavy atom. The topological polar surface area (TPSA) is 108 Å². The lowest BCUT2D eigenvalue weighted by molar-refractivity contribution is 0.000791. The number of hydrogen-bond acceptors (Lipinski definition) is 8. The van der Waals surface area contributed by atoms with E-state index in [1.165, 1.54) is 15.9 Å². The molecule has 0 spiro atoms. The van der Waals surface area contributed by atoms with Gasteiger partial charge in [0.05, 0.1) is 11.6 Å². The van der Waals surface area contributed by atoms with E-state index in [1.807, 2.05) is 0 Å². The highest BCUT2D eigenvalue weighted by atomic mass is 19.1. The maximum absolute atomic E-state index is 15.9. The Labute approximate surface area is 228 Å². The highest BCUT2D eigenvalue weighted by Gasteiger charge is 2.41. The molecule has 2 aliphatic rings. The molecule has 0 aliphatic carbocycles. The molecule has 0 unspecified atom stereocenters. The number of amides is 2. The molecule has 2 amide bonds. The van der Waals surface area contributed by atoms with Gasteiger partial charge in [-0.05, 0) is 53.7 Å². The van der Waals surface area contributed by atoms with E-state index in [0.29, 0.717) is 0 Å². The lowest BCUT2D eigenvalue weighted by Crippen LogP contribution is -2.58. The van der Waals surface area contributed by atoms with E-state index in [4.69, 9.17) is 18.9 Å². The minimum Gasteiger partial charge on any atom is -0.487 e. The van der Waals surface area contributed by atoms with Crippen molar-refractivity contribution in [2.24, 2.45) is 0 Å². The average Bonchev–Trinajstić information content (AvgIpc) is 2.96. The Balaban J connectivity index is 1.68. The SMILES string of the molecule is CC(C)(C)OC(=O)Oc1cccc(F)c1-c1nc(F)c2c(c1F)OC[C@H]1CN(C(=O)OC(C)(C)C)CCN1C2=O. The van der Waals surface area contributed by atoms with Crippen LogP contribution in [0.4, 0.5) is 22.8 Å². The van der Waals surface area contributed by atoms with Crippen LogP contribution in [0.25, 0.3) is 11.3 Å². The normalized spacial score (nSPS) is 17.3. The summed E-state index contributed by atoms with van der Waals surface area (Å²) in [7, 11) is 0. The van der Waals surface area contributed by atoms with Gasteiger partial charge >= 0.3 is 12.2 Å². The van der Waals surface area contributed by atoms with Crippen LogP contribution in [0.2, 0.25) is 0 Å². The Morgan fingerprint density at radius 1 is 1.00 bits per heavy atom. The maximum atomic E-state index is 15.9. The predicted molar refractivity (Wildman–Crippen MR) is 135 cm³/mol. The van der Waals surface area contributed by atoms with Gasteiger partial charge < -0.3 is 28.7 Å². The molecule has 1 atom stereocenters. The molecule has 1 aromatic heterocycles. The van der Waals surface area contributed by atoms with Gasteiger partial charge in [0.25, 0.3) is 5.91 Å². The number of carbonyl (C=O) groups is 3. The molecule has 0 radical (unpaired) electrons. The fourth-order valence-corrected chi connectivity index (χ4v) is 4.26. The van der Waals surface area contributed by atoms with Crippen molar-refractivity contribution in [3.05, 3.63) is 41.3 Å². The third kappa shape index (κ3) is 6.07. The molecule has 0 saturated carbocycles. The van der Waals surface area contributed by atoms with Gasteiger partial charge in [-0.1, -0.05) is 6.07 Å². The van der Waals surface area contributed by atoms with Gasteiger partial charge in [-0.2, -0.15) is 4.39 Å². The lowest BCUT2D eigenvalue weighted by Gasteiger charge is -2.40. The summed E-state index contributed by atoms with van der Waals surface area (Å²) in [5.41, 5.74) is -3.98. The standard InChI is InChI=1S/C27H30F3N3O7/c1-26(2,3)39-24(35)32-10-11-33-14(12-32)13-37-21-18(23(33)34)22(30)31-20(19(21)29)17-15(28)8-7-9-16(17)38-25(36)40-27(4,5)6/h7-9,14H,10-13H2,1-6H3/t14-/m1/s1. The van der Waals surface area contributed by atoms with Gasteiger partial charge in [-0.25, -0.2) is 23.4 Å². The summed E-state index contributed by atoms with van der Waals surface area (Å²) >= 11 is 0. The Kier molecular flexibility index (Phi) is 7.61. The van der Waals surface area contributed by atoms with Crippen molar-refractivity contribution in [2.75, 3.05) is 26.2 Å². The number of piperazine rings is 1. The van der Waals surface area contributed by atoms with Gasteiger partial charge in [-0.3, -0.25) is 4.79 Å². The highest BCUT2D eigenvalue weighted by molar-refractivity contribution is 5.98. The molecule has 3 heterocycles. The van der Waals surface area contributed by atoms with Crippen molar-refractivity contribution in [1.29, 1.82) is 0 Å². The summed E-state index contributed by atoms with van der Waals surface area (Å²) < 4.78 is 67.3. The fraction of sp³-hybridized carbons (Fsp3) is 0.481. The number of halogens is 3. The van der Waals surface area contributed by atoms with Crippen molar-refractivity contribution < 1.29 is 46.5 Å². The van der Waals surface area contributed by atoms with E-state index in [-0.39, 0.29) is 26.2 Å². The third-order valence-electron chi connectivity index (χ3n) is 5.87. The second-order valence-corrected chi connectivity index (χ2v) is 11.3. The van der Waals surface area contributed by atoms with Crippen LogP contribution in [0.15, 0.2) is 18.2 Å². The van der Waals surface area contributed by atoms with Crippen molar-refractivity contribution in [2.45, 2.75) is 58.8 Å². The Morgan fingerprint density at radius 3 is 2.33 bits per heavy atom. The molecule has 4 rings (SSSR count). The van der Waals surface area contributed by atoms with Crippen LogP contribution in [-0.2, 0) is 9.47 Å². The number of benzene rings is 1. The average molecular weight is 566 g/mol. The van der Waals surface area contributed by atoms with Gasteiger partial charge in [0.15, 0.2) is 11.6 Å². The van der Waals surface area contributed by atoms with Crippen LogP contribution in [0.1, 0.15) is 51.9 Å². The molecule has 2 aliphatic heterocycles. The third-order valence-corrected chi connectivity index (χ3v) is 5.87. The second-order valence-electron chi connectivity index (χ2n) is 11.3. The lowest BCUT2D eigenvalue weighted by atomic mass is 10.1. The van der Waals surface area contributed by atoms with Crippen LogP contribution in [0.3, 0.4) is 0 Å². The molecule has 10 nitrogen and oxygen atoms in total. The van der Waals surface area contributed by atoms with Crippen LogP contribution in [0.5, 0.6) is 11.5 Å². The molecular formula is C27H30F3N3O7. The smallest absolute Gasteiger partial charge is 0.487 e. The molecule has 216 valence electrons. The zero-order valence-electron chi connectivity index (χ0n) is 23.0. The van der Waals surface area contributed by atoms with Gasteiger partial charge in [0, 0.05) is 19.6 Å². The molecule has 1 fully saturated rings. The van der Waals surface area contributed by atoms with Crippen LogP contribution in [0, 0.1) is 17.6 Å². The molecule has 0 N–H and O–H groups in total. The number of nitrogens with zero attached hydrogens (tertiary/aromatic N) is 3. The Bertz CT molecular complexity index is 1350. The van der Waals surface area contributed by atoms with Gasteiger partial charge in [-0.15, -0.1) is 0 Å². The van der Waals surface area contributed by atoms with E-state index in [1.54, 1.807) is 41.5 Å². The molecule has 1 saturated heterocycles. The molecule has 13 heteroatoms. The molecule has 1 aromatic carbocycles. The summed E-state index contributed by atoms with van der Waals surface area (Å²) in [5.74, 6) is -5.94. The number of rotatable bonds is 2. The maximum Gasteiger partial charge on any atom is 0.514 e. The van der Waals surface area contributed by atoms with E-state index in [2.05, 4.69) is 4.98 Å². The Hall–Kier alpha value is -4.03. The number of fused-ring (bicyclic) bond motifs is 2. The fourth-order valence-electron chi connectivity index (χ4n) is 4.26. The first-order valence-electron chi connectivity index (χ1n) is 12.6. The van der Waals surface area contributed by atoms with Gasteiger partial charge in [0.1, 0.15) is 40.6 Å². The van der Waals surface area contributed by atoms with E-state index >= 15 is 8.78 Å². The molecular weight excluding hydrogens is 535 g/mol. The van der Waals surface area contributed by atoms with Crippen LogP contribution in [-0.4, -0.2) is 76.4 Å². The van der Waals surface area contributed by atoms with E-state index < -0.39 is 81.3 Å².